The highest BCUT2D eigenvalue weighted by atomic mass is 32.2. The fraction of sp³-hybridized carbons (Fsp3) is 0.579. The zero-order valence-electron chi connectivity index (χ0n) is 19.0. The van der Waals surface area contributed by atoms with Crippen molar-refractivity contribution in [3.8, 4) is 10.6 Å². The molecular formula is C19H30N4O5S2Si. The number of ether oxygens (including phenoxy) is 2. The predicted molar refractivity (Wildman–Crippen MR) is 124 cm³/mol. The molecule has 0 spiro atoms. The Labute approximate surface area is 188 Å². The zero-order chi connectivity index (χ0) is 23.4. The Morgan fingerprint density at radius 3 is 2.48 bits per heavy atom. The van der Waals surface area contributed by atoms with E-state index in [2.05, 4.69) is 34.6 Å². The highest BCUT2D eigenvalue weighted by Gasteiger charge is 2.26. The number of carbonyl (C=O) groups excluding carboxylic acids is 1. The largest absolute Gasteiger partial charge is 0.443 e. The first kappa shape index (κ1) is 25.4. The third kappa shape index (κ3) is 8.28. The maximum absolute atomic E-state index is 12.8. The highest BCUT2D eigenvalue weighted by molar-refractivity contribution is 7.90. The Hall–Kier alpha value is -1.89. The first-order valence-electron chi connectivity index (χ1n) is 9.73. The summed E-state index contributed by atoms with van der Waals surface area (Å²) in [5.41, 5.74) is -0.270. The quantitative estimate of drug-likeness (QED) is 0.238. The van der Waals surface area contributed by atoms with Gasteiger partial charge in [0.05, 0.1) is 10.6 Å². The van der Waals surface area contributed by atoms with E-state index in [1.54, 1.807) is 26.8 Å². The summed E-state index contributed by atoms with van der Waals surface area (Å²) in [5.74, 6) is 0. The van der Waals surface area contributed by atoms with Crippen molar-refractivity contribution >= 4 is 40.5 Å². The molecule has 2 rings (SSSR count). The number of sulfone groups is 1. The summed E-state index contributed by atoms with van der Waals surface area (Å²) in [4.78, 5) is 26.9. The smallest absolute Gasteiger partial charge is 0.418 e. The second-order valence-electron chi connectivity index (χ2n) is 9.26. The van der Waals surface area contributed by atoms with E-state index in [4.69, 9.17) is 9.47 Å². The maximum atomic E-state index is 12.8. The van der Waals surface area contributed by atoms with Gasteiger partial charge in [0.1, 0.15) is 12.3 Å². The van der Waals surface area contributed by atoms with Gasteiger partial charge in [-0.2, -0.15) is 0 Å². The molecule has 0 aromatic carbocycles. The number of nitrogens with zero attached hydrogens (tertiary/aromatic N) is 4. The molecule has 1 amide bonds. The van der Waals surface area contributed by atoms with E-state index in [1.165, 1.54) is 28.6 Å². The van der Waals surface area contributed by atoms with Crippen molar-refractivity contribution in [1.82, 2.24) is 15.0 Å². The second kappa shape index (κ2) is 9.71. The summed E-state index contributed by atoms with van der Waals surface area (Å²) < 4.78 is 34.8. The van der Waals surface area contributed by atoms with Crippen molar-refractivity contribution in [3.05, 3.63) is 18.5 Å². The van der Waals surface area contributed by atoms with Crippen molar-refractivity contribution in [3.63, 3.8) is 0 Å². The van der Waals surface area contributed by atoms with Crippen molar-refractivity contribution in [2.24, 2.45) is 0 Å². The van der Waals surface area contributed by atoms with Gasteiger partial charge in [-0.3, -0.25) is 0 Å². The van der Waals surface area contributed by atoms with Crippen LogP contribution in [-0.2, 0) is 19.3 Å². The molecule has 2 aromatic heterocycles. The molecule has 172 valence electrons. The lowest BCUT2D eigenvalue weighted by Gasteiger charge is -2.26. The molecule has 2 heterocycles. The van der Waals surface area contributed by atoms with E-state index in [0.29, 0.717) is 22.3 Å². The van der Waals surface area contributed by atoms with Crippen LogP contribution in [0.4, 0.5) is 9.93 Å². The van der Waals surface area contributed by atoms with Gasteiger partial charge in [-0.15, -0.1) is 0 Å². The Bertz CT molecular complexity index is 1010. The molecule has 0 atom stereocenters. The molecule has 31 heavy (non-hydrogen) atoms. The fourth-order valence-corrected chi connectivity index (χ4v) is 4.34. The van der Waals surface area contributed by atoms with Crippen LogP contribution >= 0.6 is 11.3 Å². The molecule has 0 aliphatic heterocycles. The number of hydrogen-bond donors (Lipinski definition) is 0. The number of hydrogen-bond acceptors (Lipinski definition) is 9. The van der Waals surface area contributed by atoms with Crippen molar-refractivity contribution in [2.75, 3.05) is 24.5 Å². The molecule has 0 saturated heterocycles. The summed E-state index contributed by atoms with van der Waals surface area (Å²) in [6, 6.07) is 2.56. The maximum Gasteiger partial charge on any atom is 0.418 e. The van der Waals surface area contributed by atoms with Crippen LogP contribution in [0.3, 0.4) is 0 Å². The highest BCUT2D eigenvalue weighted by Crippen LogP contribution is 2.31. The number of carbonyl (C=O) groups is 1. The minimum Gasteiger partial charge on any atom is -0.443 e. The Kier molecular flexibility index (Phi) is 7.95. The van der Waals surface area contributed by atoms with Gasteiger partial charge < -0.3 is 9.47 Å². The Balaban J connectivity index is 2.26. The molecule has 0 saturated carbocycles. The molecule has 2 aromatic rings. The molecule has 0 N–H and O–H groups in total. The van der Waals surface area contributed by atoms with Crippen LogP contribution in [0.25, 0.3) is 10.6 Å². The van der Waals surface area contributed by atoms with Gasteiger partial charge in [0.25, 0.3) is 0 Å². The van der Waals surface area contributed by atoms with Gasteiger partial charge in [-0.1, -0.05) is 31.0 Å². The van der Waals surface area contributed by atoms with Crippen molar-refractivity contribution < 1.29 is 22.7 Å². The first-order chi connectivity index (χ1) is 14.2. The average Bonchev–Trinajstić information content (AvgIpc) is 3.08. The van der Waals surface area contributed by atoms with Gasteiger partial charge in [-0.05, 0) is 32.9 Å². The van der Waals surface area contributed by atoms with E-state index in [1.807, 2.05) is 0 Å². The van der Waals surface area contributed by atoms with Gasteiger partial charge in [0, 0.05) is 33.3 Å². The van der Waals surface area contributed by atoms with Crippen LogP contribution in [0.5, 0.6) is 0 Å². The topological polar surface area (TPSA) is 112 Å². The van der Waals surface area contributed by atoms with Crippen LogP contribution in [0, 0.1) is 0 Å². The van der Waals surface area contributed by atoms with E-state index < -0.39 is 29.6 Å². The minimum absolute atomic E-state index is 0.00467. The predicted octanol–water partition coefficient (Wildman–Crippen LogP) is 4.06. The van der Waals surface area contributed by atoms with Crippen molar-refractivity contribution in [1.29, 1.82) is 0 Å². The second-order valence-corrected chi connectivity index (χ2v) is 17.8. The molecule has 9 nitrogen and oxygen atoms in total. The lowest BCUT2D eigenvalue weighted by atomic mass is 10.2. The van der Waals surface area contributed by atoms with Gasteiger partial charge >= 0.3 is 6.09 Å². The molecule has 0 unspecified atom stereocenters. The molecule has 0 aliphatic rings. The lowest BCUT2D eigenvalue weighted by molar-refractivity contribution is 0.0500. The van der Waals surface area contributed by atoms with Crippen LogP contribution in [0.2, 0.25) is 25.7 Å². The lowest BCUT2D eigenvalue weighted by Crippen LogP contribution is -2.38. The molecule has 0 bridgehead atoms. The summed E-state index contributed by atoms with van der Waals surface area (Å²) in [5, 5.41) is 0.107. The molecular weight excluding hydrogens is 456 g/mol. The number of amides is 1. The van der Waals surface area contributed by atoms with E-state index in [9.17, 15) is 13.2 Å². The molecule has 0 fully saturated rings. The number of thiazole rings is 1. The van der Waals surface area contributed by atoms with Gasteiger partial charge in [0.2, 0.25) is 15.0 Å². The third-order valence-corrected chi connectivity index (χ3v) is 7.38. The first-order valence-corrected chi connectivity index (χ1v) is 16.1. The number of rotatable bonds is 8. The third-order valence-electron chi connectivity index (χ3n) is 3.77. The van der Waals surface area contributed by atoms with Gasteiger partial charge in [0.15, 0.2) is 5.13 Å². The number of anilines is 1. The van der Waals surface area contributed by atoms with Crippen molar-refractivity contribution in [2.45, 2.75) is 57.2 Å². The molecule has 0 aliphatic carbocycles. The van der Waals surface area contributed by atoms with Crippen LogP contribution in [0.1, 0.15) is 20.8 Å². The standard InChI is InChI=1S/C19H30N4O5S2Si/c1-19(2,3)28-18(24)23(13-27-10-11-31(5,6)7)17-21-12-15(29-17)14-8-9-20-16(22-14)30(4,25)26/h8-9,12H,10-11,13H2,1-7H3. The summed E-state index contributed by atoms with van der Waals surface area (Å²) in [6.45, 7) is 12.7. The van der Waals surface area contributed by atoms with E-state index >= 15 is 0 Å². The summed E-state index contributed by atoms with van der Waals surface area (Å²) >= 11 is 1.19. The van der Waals surface area contributed by atoms with Gasteiger partial charge in [-0.25, -0.2) is 33.1 Å². The molecule has 0 radical (unpaired) electrons. The van der Waals surface area contributed by atoms with E-state index in [0.717, 1.165) is 12.3 Å². The monoisotopic (exact) mass is 486 g/mol. The van der Waals surface area contributed by atoms with Crippen LogP contribution in [0.15, 0.2) is 23.6 Å². The SMILES string of the molecule is CC(C)(C)OC(=O)N(COCC[Si](C)(C)C)c1ncc(-c2ccnc(S(C)(=O)=O)n2)s1. The van der Waals surface area contributed by atoms with Crippen LogP contribution in [-0.4, -0.2) is 62.7 Å². The Morgan fingerprint density at radius 1 is 1.23 bits per heavy atom. The van der Waals surface area contributed by atoms with Crippen LogP contribution < -0.4 is 4.90 Å². The zero-order valence-corrected chi connectivity index (χ0v) is 21.6. The summed E-state index contributed by atoms with van der Waals surface area (Å²) in [6.07, 6.45) is 3.39. The normalized spacial score (nSPS) is 12.6. The Morgan fingerprint density at radius 2 is 1.90 bits per heavy atom. The molecule has 12 heteroatoms. The summed E-state index contributed by atoms with van der Waals surface area (Å²) in [7, 11) is -4.81. The fourth-order valence-electron chi connectivity index (χ4n) is 2.20. The average molecular weight is 487 g/mol. The minimum atomic E-state index is -3.54. The number of aromatic nitrogens is 3. The van der Waals surface area contributed by atoms with E-state index in [-0.39, 0.29) is 11.9 Å².